The lowest BCUT2D eigenvalue weighted by Crippen LogP contribution is -2.45. The molecule has 0 bridgehead atoms. The maximum Gasteiger partial charge on any atom is 0.240 e. The van der Waals surface area contributed by atoms with E-state index in [-0.39, 0.29) is 12.4 Å². The van der Waals surface area contributed by atoms with Gasteiger partial charge in [-0.2, -0.15) is 4.98 Å². The number of aromatic nitrogens is 2. The molecule has 0 aromatic carbocycles. The Labute approximate surface area is 108 Å². The molecule has 5 nitrogen and oxygen atoms in total. The van der Waals surface area contributed by atoms with E-state index in [0.717, 1.165) is 19.0 Å². The molecule has 0 spiro atoms. The standard InChI is InChI=1S/C11H20N4O.ClH/c1-8-3-4-15(10(5-8)6-12)7-11-13-9(2)14-16-11;/h8,10H,3-7,12H2,1-2H3;1H. The summed E-state index contributed by atoms with van der Waals surface area (Å²) in [4.78, 5) is 6.59. The smallest absolute Gasteiger partial charge is 0.240 e. The number of hydrogen-bond acceptors (Lipinski definition) is 5. The molecule has 2 N–H and O–H groups in total. The van der Waals surface area contributed by atoms with Gasteiger partial charge in [-0.15, -0.1) is 12.4 Å². The fourth-order valence-electron chi connectivity index (χ4n) is 2.33. The highest BCUT2D eigenvalue weighted by Crippen LogP contribution is 2.23. The minimum atomic E-state index is 0. The van der Waals surface area contributed by atoms with E-state index in [1.165, 1.54) is 12.8 Å². The zero-order valence-electron chi connectivity index (χ0n) is 10.4. The molecular formula is C11H21ClN4O. The van der Waals surface area contributed by atoms with Gasteiger partial charge in [0.2, 0.25) is 5.89 Å². The van der Waals surface area contributed by atoms with Crippen molar-refractivity contribution < 1.29 is 4.52 Å². The van der Waals surface area contributed by atoms with Gasteiger partial charge in [-0.1, -0.05) is 12.1 Å². The van der Waals surface area contributed by atoms with E-state index in [0.29, 0.717) is 24.3 Å². The van der Waals surface area contributed by atoms with Crippen molar-refractivity contribution in [2.45, 2.75) is 39.3 Å². The van der Waals surface area contributed by atoms with Crippen LogP contribution in [0, 0.1) is 12.8 Å². The number of rotatable bonds is 3. The minimum absolute atomic E-state index is 0. The van der Waals surface area contributed by atoms with E-state index in [9.17, 15) is 0 Å². The highest BCUT2D eigenvalue weighted by molar-refractivity contribution is 5.85. The van der Waals surface area contributed by atoms with E-state index in [1.54, 1.807) is 0 Å². The van der Waals surface area contributed by atoms with Crippen molar-refractivity contribution in [2.24, 2.45) is 11.7 Å². The molecule has 17 heavy (non-hydrogen) atoms. The fraction of sp³-hybridized carbons (Fsp3) is 0.818. The van der Waals surface area contributed by atoms with Crippen molar-refractivity contribution in [3.8, 4) is 0 Å². The summed E-state index contributed by atoms with van der Waals surface area (Å²) in [6, 6.07) is 0.455. The fourth-order valence-corrected chi connectivity index (χ4v) is 2.33. The summed E-state index contributed by atoms with van der Waals surface area (Å²) in [5.74, 6) is 2.17. The predicted molar refractivity (Wildman–Crippen MR) is 67.9 cm³/mol. The lowest BCUT2D eigenvalue weighted by molar-refractivity contribution is 0.102. The Bertz CT molecular complexity index is 344. The molecule has 2 rings (SSSR count). The topological polar surface area (TPSA) is 68.2 Å². The lowest BCUT2D eigenvalue weighted by Gasteiger charge is -2.36. The normalized spacial score (nSPS) is 25.6. The Morgan fingerprint density at radius 2 is 2.29 bits per heavy atom. The highest BCUT2D eigenvalue weighted by atomic mass is 35.5. The summed E-state index contributed by atoms with van der Waals surface area (Å²) < 4.78 is 5.14. The van der Waals surface area contributed by atoms with Crippen molar-refractivity contribution >= 4 is 12.4 Å². The molecule has 1 aromatic rings. The quantitative estimate of drug-likeness (QED) is 0.889. The van der Waals surface area contributed by atoms with Gasteiger partial charge in [0, 0.05) is 12.6 Å². The number of piperidine rings is 1. The molecule has 1 fully saturated rings. The number of aryl methyl sites for hydroxylation is 1. The average Bonchev–Trinajstić information content (AvgIpc) is 2.67. The summed E-state index contributed by atoms with van der Waals surface area (Å²) in [6.07, 6.45) is 2.40. The molecule has 0 amide bonds. The number of nitrogens with two attached hydrogens (primary N) is 1. The van der Waals surface area contributed by atoms with Crippen LogP contribution in [0.4, 0.5) is 0 Å². The van der Waals surface area contributed by atoms with Gasteiger partial charge in [0.25, 0.3) is 0 Å². The van der Waals surface area contributed by atoms with Crippen LogP contribution in [0.1, 0.15) is 31.5 Å². The second-order valence-corrected chi connectivity index (χ2v) is 4.72. The molecule has 1 aliphatic rings. The number of hydrogen-bond donors (Lipinski definition) is 1. The van der Waals surface area contributed by atoms with Crippen LogP contribution in [0.3, 0.4) is 0 Å². The van der Waals surface area contributed by atoms with Gasteiger partial charge in [0.05, 0.1) is 6.54 Å². The third kappa shape index (κ3) is 3.66. The van der Waals surface area contributed by atoms with E-state index in [2.05, 4.69) is 22.0 Å². The third-order valence-electron chi connectivity index (χ3n) is 3.28. The van der Waals surface area contributed by atoms with Crippen LogP contribution < -0.4 is 5.73 Å². The van der Waals surface area contributed by atoms with Gasteiger partial charge in [-0.05, 0) is 32.2 Å². The first-order chi connectivity index (χ1) is 7.69. The van der Waals surface area contributed by atoms with Crippen LogP contribution in [0.5, 0.6) is 0 Å². The summed E-state index contributed by atoms with van der Waals surface area (Å²) >= 11 is 0. The van der Waals surface area contributed by atoms with Crippen LogP contribution in [0.2, 0.25) is 0 Å². The zero-order chi connectivity index (χ0) is 11.5. The van der Waals surface area contributed by atoms with Crippen molar-refractivity contribution in [3.05, 3.63) is 11.7 Å². The first kappa shape index (κ1) is 14.4. The maximum atomic E-state index is 5.81. The van der Waals surface area contributed by atoms with Crippen LogP contribution in [0.15, 0.2) is 4.52 Å². The van der Waals surface area contributed by atoms with Crippen LogP contribution in [-0.2, 0) is 6.54 Å². The summed E-state index contributed by atoms with van der Waals surface area (Å²) in [5.41, 5.74) is 5.81. The molecular weight excluding hydrogens is 240 g/mol. The monoisotopic (exact) mass is 260 g/mol. The average molecular weight is 261 g/mol. The van der Waals surface area contributed by atoms with Gasteiger partial charge >= 0.3 is 0 Å². The second-order valence-electron chi connectivity index (χ2n) is 4.72. The van der Waals surface area contributed by atoms with Crippen LogP contribution >= 0.6 is 12.4 Å². The molecule has 0 aliphatic carbocycles. The van der Waals surface area contributed by atoms with Crippen molar-refractivity contribution in [3.63, 3.8) is 0 Å². The predicted octanol–water partition coefficient (Wildman–Crippen LogP) is 1.36. The molecule has 6 heteroatoms. The summed E-state index contributed by atoms with van der Waals surface area (Å²) in [5, 5.41) is 3.80. The van der Waals surface area contributed by atoms with E-state index >= 15 is 0 Å². The molecule has 0 saturated carbocycles. The van der Waals surface area contributed by atoms with Gasteiger partial charge in [0.1, 0.15) is 0 Å². The van der Waals surface area contributed by atoms with Gasteiger partial charge < -0.3 is 10.3 Å². The van der Waals surface area contributed by atoms with Crippen LogP contribution in [-0.4, -0.2) is 34.2 Å². The largest absolute Gasteiger partial charge is 0.338 e. The minimum Gasteiger partial charge on any atom is -0.338 e. The molecule has 1 aliphatic heterocycles. The van der Waals surface area contributed by atoms with Gasteiger partial charge in [0.15, 0.2) is 5.82 Å². The van der Waals surface area contributed by atoms with Crippen molar-refractivity contribution in [1.29, 1.82) is 0 Å². The first-order valence-electron chi connectivity index (χ1n) is 5.92. The highest BCUT2D eigenvalue weighted by Gasteiger charge is 2.26. The van der Waals surface area contributed by atoms with Crippen LogP contribution in [0.25, 0.3) is 0 Å². The number of nitrogens with zero attached hydrogens (tertiary/aromatic N) is 3. The van der Waals surface area contributed by atoms with E-state index in [4.69, 9.17) is 10.3 Å². The molecule has 2 heterocycles. The van der Waals surface area contributed by atoms with Gasteiger partial charge in [-0.3, -0.25) is 4.90 Å². The summed E-state index contributed by atoms with van der Waals surface area (Å²) in [7, 11) is 0. The Morgan fingerprint density at radius 3 is 2.88 bits per heavy atom. The Hall–Kier alpha value is -0.650. The summed E-state index contributed by atoms with van der Waals surface area (Å²) in [6.45, 7) is 6.64. The molecule has 2 atom stereocenters. The Balaban J connectivity index is 0.00000144. The van der Waals surface area contributed by atoms with Crippen molar-refractivity contribution in [2.75, 3.05) is 13.1 Å². The third-order valence-corrected chi connectivity index (χ3v) is 3.28. The lowest BCUT2D eigenvalue weighted by atomic mass is 9.92. The Morgan fingerprint density at radius 1 is 1.53 bits per heavy atom. The molecule has 0 radical (unpaired) electrons. The van der Waals surface area contributed by atoms with E-state index < -0.39 is 0 Å². The first-order valence-corrected chi connectivity index (χ1v) is 5.92. The molecule has 2 unspecified atom stereocenters. The SMILES string of the molecule is Cc1noc(CN2CCC(C)CC2CN)n1.Cl. The molecule has 1 aromatic heterocycles. The maximum absolute atomic E-state index is 5.81. The second kappa shape index (κ2) is 6.33. The number of likely N-dealkylation sites (tertiary alicyclic amines) is 1. The van der Waals surface area contributed by atoms with Gasteiger partial charge in [-0.25, -0.2) is 0 Å². The van der Waals surface area contributed by atoms with Crippen molar-refractivity contribution in [1.82, 2.24) is 15.0 Å². The zero-order valence-corrected chi connectivity index (χ0v) is 11.2. The molecule has 98 valence electrons. The molecule has 1 saturated heterocycles. The number of halogens is 1. The van der Waals surface area contributed by atoms with E-state index in [1.807, 2.05) is 6.92 Å². The Kier molecular flexibility index (Phi) is 5.36.